The van der Waals surface area contributed by atoms with Crippen molar-refractivity contribution in [3.05, 3.63) is 29.3 Å². The quantitative estimate of drug-likeness (QED) is 0.701. The molecule has 3 amide bonds. The van der Waals surface area contributed by atoms with E-state index in [0.717, 1.165) is 11.1 Å². The minimum atomic E-state index is -0.749. The Hall–Kier alpha value is -2.81. The van der Waals surface area contributed by atoms with Gasteiger partial charge < -0.3 is 24.8 Å². The number of hydrogen-bond acceptors (Lipinski definition) is 6. The molecule has 0 radical (unpaired) electrons. The van der Waals surface area contributed by atoms with Crippen LogP contribution < -0.4 is 10.1 Å². The number of aliphatic hydroxyl groups is 1. The van der Waals surface area contributed by atoms with Gasteiger partial charge in [-0.25, -0.2) is 4.79 Å². The molecule has 0 saturated carbocycles. The van der Waals surface area contributed by atoms with Crippen LogP contribution >= 0.6 is 0 Å². The van der Waals surface area contributed by atoms with Gasteiger partial charge in [0.25, 0.3) is 5.91 Å². The molecule has 2 N–H and O–H groups in total. The van der Waals surface area contributed by atoms with Crippen molar-refractivity contribution in [2.45, 2.75) is 32.4 Å². The van der Waals surface area contributed by atoms with E-state index < -0.39 is 18.2 Å². The molecule has 2 fully saturated rings. The Labute approximate surface area is 169 Å². The van der Waals surface area contributed by atoms with Crippen LogP contribution in [0.2, 0.25) is 0 Å². The van der Waals surface area contributed by atoms with Crippen LogP contribution in [0.25, 0.3) is 0 Å². The van der Waals surface area contributed by atoms with Gasteiger partial charge in [-0.1, -0.05) is 6.07 Å². The van der Waals surface area contributed by atoms with Crippen LogP contribution in [0, 0.1) is 13.8 Å². The fourth-order valence-electron chi connectivity index (χ4n) is 3.34. The summed E-state index contributed by atoms with van der Waals surface area (Å²) in [6, 6.07) is 5.00. The molecule has 0 aliphatic carbocycles. The summed E-state index contributed by atoms with van der Waals surface area (Å²) in [5, 5.41) is 13.0. The van der Waals surface area contributed by atoms with E-state index in [1.807, 2.05) is 26.0 Å². The molecule has 3 rings (SSSR count). The van der Waals surface area contributed by atoms with Gasteiger partial charge in [-0.05, 0) is 43.5 Å². The Morgan fingerprint density at radius 1 is 1.28 bits per heavy atom. The summed E-state index contributed by atoms with van der Waals surface area (Å²) in [6.45, 7) is 4.93. The first-order valence-corrected chi connectivity index (χ1v) is 9.70. The highest BCUT2D eigenvalue weighted by molar-refractivity contribution is 5.83. The van der Waals surface area contributed by atoms with E-state index in [9.17, 15) is 19.5 Å². The summed E-state index contributed by atoms with van der Waals surface area (Å²) in [6.07, 6.45) is -0.899. The second kappa shape index (κ2) is 9.13. The molecular weight excluding hydrogens is 378 g/mol. The van der Waals surface area contributed by atoms with Gasteiger partial charge in [0.15, 0.2) is 6.61 Å². The average Bonchev–Trinajstić information content (AvgIpc) is 3.09. The van der Waals surface area contributed by atoms with Gasteiger partial charge in [0.1, 0.15) is 18.9 Å². The number of amides is 3. The highest BCUT2D eigenvalue weighted by Gasteiger charge is 2.33. The number of nitrogens with one attached hydrogen (secondary N) is 1. The maximum Gasteiger partial charge on any atom is 0.410 e. The number of hydrogen-bond donors (Lipinski definition) is 2. The molecule has 29 heavy (non-hydrogen) atoms. The fourth-order valence-corrected chi connectivity index (χ4v) is 3.34. The van der Waals surface area contributed by atoms with Crippen molar-refractivity contribution < 1.29 is 29.0 Å². The first-order valence-electron chi connectivity index (χ1n) is 9.70. The molecule has 9 heteroatoms. The Morgan fingerprint density at radius 3 is 2.76 bits per heavy atom. The van der Waals surface area contributed by atoms with Gasteiger partial charge >= 0.3 is 6.09 Å². The van der Waals surface area contributed by atoms with Crippen LogP contribution in [-0.2, 0) is 14.3 Å². The van der Waals surface area contributed by atoms with Crippen LogP contribution in [0.1, 0.15) is 17.5 Å². The zero-order valence-electron chi connectivity index (χ0n) is 16.7. The SMILES string of the molecule is Cc1ccc(OCC(=O)N[C@@H]2CN(C(=O)CN3CCOC3=O)CC[C@H]2O)cc1C. The van der Waals surface area contributed by atoms with Crippen LogP contribution in [-0.4, -0.2) is 84.4 Å². The van der Waals surface area contributed by atoms with Crippen molar-refractivity contribution in [3.8, 4) is 5.75 Å². The summed E-state index contributed by atoms with van der Waals surface area (Å²) < 4.78 is 10.3. The number of piperidine rings is 1. The van der Waals surface area contributed by atoms with E-state index in [-0.39, 0.29) is 38.1 Å². The lowest BCUT2D eigenvalue weighted by molar-refractivity contribution is -0.136. The topological polar surface area (TPSA) is 108 Å². The fraction of sp³-hybridized carbons (Fsp3) is 0.550. The number of carbonyl (C=O) groups is 3. The molecule has 2 heterocycles. The third-order valence-electron chi connectivity index (χ3n) is 5.29. The number of aryl methyl sites for hydroxylation is 2. The molecule has 9 nitrogen and oxygen atoms in total. The molecule has 2 aliphatic rings. The van der Waals surface area contributed by atoms with Gasteiger partial charge in [-0.3, -0.25) is 14.5 Å². The number of cyclic esters (lactones) is 1. The van der Waals surface area contributed by atoms with Crippen molar-refractivity contribution in [2.24, 2.45) is 0 Å². The first-order chi connectivity index (χ1) is 13.8. The van der Waals surface area contributed by atoms with Crippen LogP contribution in [0.15, 0.2) is 18.2 Å². The zero-order chi connectivity index (χ0) is 21.0. The van der Waals surface area contributed by atoms with E-state index in [1.165, 1.54) is 4.90 Å². The largest absolute Gasteiger partial charge is 0.484 e. The summed E-state index contributed by atoms with van der Waals surface area (Å²) in [4.78, 5) is 39.1. The number of rotatable bonds is 6. The zero-order valence-corrected chi connectivity index (χ0v) is 16.7. The average molecular weight is 405 g/mol. The molecule has 0 aromatic heterocycles. The molecule has 0 unspecified atom stereocenters. The smallest absolute Gasteiger partial charge is 0.410 e. The van der Waals surface area contributed by atoms with E-state index in [1.54, 1.807) is 11.0 Å². The Balaban J connectivity index is 1.49. The van der Waals surface area contributed by atoms with E-state index >= 15 is 0 Å². The number of nitrogens with zero attached hydrogens (tertiary/aromatic N) is 2. The lowest BCUT2D eigenvalue weighted by atomic mass is 10.0. The minimum Gasteiger partial charge on any atom is -0.484 e. The van der Waals surface area contributed by atoms with Gasteiger partial charge in [0.2, 0.25) is 5.91 Å². The molecule has 2 aliphatic heterocycles. The number of likely N-dealkylation sites (tertiary alicyclic amines) is 1. The number of benzene rings is 1. The lowest BCUT2D eigenvalue weighted by Crippen LogP contribution is -2.58. The molecule has 0 bridgehead atoms. The molecule has 1 aromatic rings. The highest BCUT2D eigenvalue weighted by atomic mass is 16.6. The van der Waals surface area contributed by atoms with Gasteiger partial charge in [-0.15, -0.1) is 0 Å². The first kappa shape index (κ1) is 20.9. The Morgan fingerprint density at radius 2 is 2.07 bits per heavy atom. The molecule has 158 valence electrons. The van der Waals surface area contributed by atoms with Crippen molar-refractivity contribution in [2.75, 3.05) is 39.4 Å². The number of ether oxygens (including phenoxy) is 2. The monoisotopic (exact) mass is 405 g/mol. The van der Waals surface area contributed by atoms with E-state index in [2.05, 4.69) is 5.32 Å². The van der Waals surface area contributed by atoms with Crippen LogP contribution in [0.5, 0.6) is 5.75 Å². The van der Waals surface area contributed by atoms with Crippen molar-refractivity contribution >= 4 is 17.9 Å². The van der Waals surface area contributed by atoms with Crippen molar-refractivity contribution in [3.63, 3.8) is 0 Å². The minimum absolute atomic E-state index is 0.0640. The van der Waals surface area contributed by atoms with Crippen molar-refractivity contribution in [1.82, 2.24) is 15.1 Å². The predicted octanol–water partition coefficient (Wildman–Crippen LogP) is 0.212. The molecule has 1 aromatic carbocycles. The van der Waals surface area contributed by atoms with E-state index in [0.29, 0.717) is 25.3 Å². The van der Waals surface area contributed by atoms with Gasteiger partial charge in [0, 0.05) is 13.1 Å². The van der Waals surface area contributed by atoms with Crippen LogP contribution in [0.3, 0.4) is 0 Å². The molecule has 0 spiro atoms. The maximum absolute atomic E-state index is 12.5. The summed E-state index contributed by atoms with van der Waals surface area (Å²) >= 11 is 0. The second-order valence-electron chi connectivity index (χ2n) is 7.44. The van der Waals surface area contributed by atoms with Crippen molar-refractivity contribution in [1.29, 1.82) is 0 Å². The predicted molar refractivity (Wildman–Crippen MR) is 103 cm³/mol. The van der Waals surface area contributed by atoms with Gasteiger partial charge in [0.05, 0.1) is 18.7 Å². The summed E-state index contributed by atoms with van der Waals surface area (Å²) in [5.74, 6) is -0.00664. The standard InChI is InChI=1S/C20H27N3O6/c1-13-3-4-15(9-14(13)2)29-12-18(25)21-16-10-22(6-5-17(16)24)19(26)11-23-7-8-28-20(23)27/h3-4,9,16-17,24H,5-8,10-12H2,1-2H3,(H,21,25)/t16-,17-/m1/s1. The maximum atomic E-state index is 12.5. The lowest BCUT2D eigenvalue weighted by Gasteiger charge is -2.37. The number of aliphatic hydroxyl groups excluding tert-OH is 1. The third-order valence-corrected chi connectivity index (χ3v) is 5.29. The third kappa shape index (κ3) is 5.38. The molecule has 2 saturated heterocycles. The molecular formula is C20H27N3O6. The Bertz CT molecular complexity index is 783. The normalized spacial score (nSPS) is 21.7. The second-order valence-corrected chi connectivity index (χ2v) is 7.44. The summed E-state index contributed by atoms with van der Waals surface area (Å²) in [7, 11) is 0. The van der Waals surface area contributed by atoms with E-state index in [4.69, 9.17) is 9.47 Å². The Kier molecular flexibility index (Phi) is 6.58. The van der Waals surface area contributed by atoms with Crippen LogP contribution in [0.4, 0.5) is 4.79 Å². The van der Waals surface area contributed by atoms with Gasteiger partial charge in [-0.2, -0.15) is 0 Å². The highest BCUT2D eigenvalue weighted by Crippen LogP contribution is 2.17. The summed E-state index contributed by atoms with van der Waals surface area (Å²) in [5.41, 5.74) is 2.21. The molecule has 2 atom stereocenters. The number of carbonyl (C=O) groups excluding carboxylic acids is 3.